The molecule has 0 aromatic heterocycles. The van der Waals surface area contributed by atoms with E-state index >= 15 is 0 Å². The lowest BCUT2D eigenvalue weighted by Gasteiger charge is -1.85. The van der Waals surface area contributed by atoms with E-state index in [2.05, 4.69) is 56.9 Å². The van der Waals surface area contributed by atoms with E-state index < -0.39 is 0 Å². The fraction of sp³-hybridized carbons (Fsp3) is 0.167. The van der Waals surface area contributed by atoms with Gasteiger partial charge in [0.25, 0.3) is 0 Å². The van der Waals surface area contributed by atoms with Crippen LogP contribution in [0.15, 0.2) is 24.4 Å². The van der Waals surface area contributed by atoms with Crippen molar-refractivity contribution in [3.8, 4) is 0 Å². The molecule has 0 aliphatic rings. The number of halogens is 2. The minimum Gasteiger partial charge on any atom is -0.271 e. The van der Waals surface area contributed by atoms with Gasteiger partial charge in [-0.3, -0.25) is 4.99 Å². The molecule has 0 saturated carbocycles. The van der Waals surface area contributed by atoms with E-state index in [4.69, 9.17) is 0 Å². The molecule has 50 valence electrons. The predicted molar refractivity (Wildman–Crippen MR) is 59.4 cm³/mol. The zero-order valence-electron chi connectivity index (χ0n) is 5.06. The molecule has 0 heterocycles. The second kappa shape index (κ2) is 5.40. The molecule has 0 aliphatic heterocycles. The molecule has 3 heteroatoms. The van der Waals surface area contributed by atoms with E-state index in [-0.39, 0.29) is 0 Å². The number of hydrogen-bond donors (Lipinski definition) is 0. The Labute approximate surface area is 82.6 Å². The average molecular weight is 347 g/mol. The second-order valence-electron chi connectivity index (χ2n) is 1.43. The molecule has 0 aromatic carbocycles. The van der Waals surface area contributed by atoms with Crippen LogP contribution in [0, 0.1) is 0 Å². The molecular formula is C6H7I2N. The molecular weight excluding hydrogens is 340 g/mol. The minimum atomic E-state index is 1.11. The van der Waals surface area contributed by atoms with Crippen molar-refractivity contribution in [2.45, 2.75) is 6.92 Å². The van der Waals surface area contributed by atoms with Crippen molar-refractivity contribution in [1.82, 2.24) is 0 Å². The Morgan fingerprint density at radius 3 is 2.44 bits per heavy atom. The van der Waals surface area contributed by atoms with E-state index in [1.54, 1.807) is 6.20 Å². The fourth-order valence-electron chi connectivity index (χ4n) is 0.314. The number of rotatable bonds is 2. The summed E-state index contributed by atoms with van der Waals surface area (Å²) in [5.41, 5.74) is 0. The third-order valence-corrected chi connectivity index (χ3v) is 1.45. The van der Waals surface area contributed by atoms with Crippen molar-refractivity contribution < 1.29 is 0 Å². The molecule has 0 fully saturated rings. The van der Waals surface area contributed by atoms with Gasteiger partial charge < -0.3 is 0 Å². The standard InChI is InChI=1S/C6H7I2N/c1-5(7)3-6(8)4-9-2/h3-4H,2H2,1H3/b5-3+,6-4+. The molecule has 0 rings (SSSR count). The lowest BCUT2D eigenvalue weighted by molar-refractivity contribution is 1.59. The van der Waals surface area contributed by atoms with Crippen LogP contribution in [0.1, 0.15) is 6.92 Å². The van der Waals surface area contributed by atoms with Gasteiger partial charge in [0.05, 0.1) is 0 Å². The summed E-state index contributed by atoms with van der Waals surface area (Å²) in [5.74, 6) is 0. The summed E-state index contributed by atoms with van der Waals surface area (Å²) in [6.07, 6.45) is 3.76. The maximum Gasteiger partial charge on any atom is 0.0394 e. The van der Waals surface area contributed by atoms with Crippen LogP contribution in [-0.4, -0.2) is 6.72 Å². The van der Waals surface area contributed by atoms with Gasteiger partial charge in [-0.25, -0.2) is 0 Å². The lowest BCUT2D eigenvalue weighted by Crippen LogP contribution is -1.61. The summed E-state index contributed by atoms with van der Waals surface area (Å²) in [4.78, 5) is 3.62. The molecule has 0 atom stereocenters. The quantitative estimate of drug-likeness (QED) is 0.413. The highest BCUT2D eigenvalue weighted by atomic mass is 127. The molecule has 0 unspecified atom stereocenters. The first-order valence-corrected chi connectivity index (χ1v) is 4.48. The monoisotopic (exact) mass is 347 g/mol. The zero-order chi connectivity index (χ0) is 7.28. The highest BCUT2D eigenvalue weighted by Crippen LogP contribution is 2.13. The lowest BCUT2D eigenvalue weighted by atomic mass is 10.5. The van der Waals surface area contributed by atoms with Crippen LogP contribution in [0.3, 0.4) is 0 Å². The Morgan fingerprint density at radius 2 is 2.11 bits per heavy atom. The van der Waals surface area contributed by atoms with Gasteiger partial charge in [0.2, 0.25) is 0 Å². The third-order valence-electron chi connectivity index (χ3n) is 0.551. The SMILES string of the molecule is C=N/C=C(I)\C=C(/C)I. The first-order valence-electron chi connectivity index (χ1n) is 2.32. The van der Waals surface area contributed by atoms with Crippen LogP contribution in [0.4, 0.5) is 0 Å². The Hall–Kier alpha value is 0.610. The molecule has 1 nitrogen and oxygen atoms in total. The van der Waals surface area contributed by atoms with E-state index in [1.807, 2.05) is 13.0 Å². The molecule has 9 heavy (non-hydrogen) atoms. The van der Waals surface area contributed by atoms with Crippen LogP contribution in [0.2, 0.25) is 0 Å². The summed E-state index contributed by atoms with van der Waals surface area (Å²) in [6, 6.07) is 0. The fourth-order valence-corrected chi connectivity index (χ4v) is 1.91. The maximum atomic E-state index is 3.62. The van der Waals surface area contributed by atoms with Crippen molar-refractivity contribution in [2.75, 3.05) is 0 Å². The smallest absolute Gasteiger partial charge is 0.0394 e. The van der Waals surface area contributed by atoms with E-state index in [1.165, 1.54) is 3.58 Å². The van der Waals surface area contributed by atoms with Gasteiger partial charge >= 0.3 is 0 Å². The van der Waals surface area contributed by atoms with Crippen molar-refractivity contribution in [3.05, 3.63) is 19.4 Å². The van der Waals surface area contributed by atoms with Gasteiger partial charge in [-0.05, 0) is 68.5 Å². The van der Waals surface area contributed by atoms with Crippen molar-refractivity contribution in [2.24, 2.45) is 4.99 Å². The molecule has 0 spiro atoms. The number of hydrogen-bond acceptors (Lipinski definition) is 1. The van der Waals surface area contributed by atoms with Crippen molar-refractivity contribution in [3.63, 3.8) is 0 Å². The third kappa shape index (κ3) is 6.50. The molecule has 0 saturated heterocycles. The summed E-state index contributed by atoms with van der Waals surface area (Å²) < 4.78 is 2.35. The summed E-state index contributed by atoms with van der Waals surface area (Å²) in [7, 11) is 0. The Balaban J connectivity index is 4.05. The summed E-state index contributed by atoms with van der Waals surface area (Å²) in [5, 5.41) is 0. The normalized spacial score (nSPS) is 13.7. The van der Waals surface area contributed by atoms with Gasteiger partial charge in [-0.1, -0.05) is 0 Å². The van der Waals surface area contributed by atoms with Gasteiger partial charge in [-0.15, -0.1) is 0 Å². The zero-order valence-corrected chi connectivity index (χ0v) is 9.38. The first-order chi connectivity index (χ1) is 4.16. The number of aliphatic imine (C=N–C) groups is 1. The number of nitrogens with zero attached hydrogens (tertiary/aromatic N) is 1. The predicted octanol–water partition coefficient (Wildman–Crippen LogP) is 3.30. The largest absolute Gasteiger partial charge is 0.271 e. The first kappa shape index (κ1) is 9.61. The van der Waals surface area contributed by atoms with E-state index in [9.17, 15) is 0 Å². The molecule has 0 radical (unpaired) electrons. The van der Waals surface area contributed by atoms with Crippen LogP contribution in [-0.2, 0) is 0 Å². The molecule has 0 N–H and O–H groups in total. The molecule has 0 aliphatic carbocycles. The highest BCUT2D eigenvalue weighted by Gasteiger charge is 1.82. The van der Waals surface area contributed by atoms with Gasteiger partial charge in [0.1, 0.15) is 0 Å². The van der Waals surface area contributed by atoms with Crippen LogP contribution < -0.4 is 0 Å². The topological polar surface area (TPSA) is 12.4 Å². The van der Waals surface area contributed by atoms with Gasteiger partial charge in [-0.2, -0.15) is 0 Å². The van der Waals surface area contributed by atoms with Gasteiger partial charge in [0.15, 0.2) is 0 Å². The molecule has 0 amide bonds. The van der Waals surface area contributed by atoms with E-state index in [0.29, 0.717) is 0 Å². The van der Waals surface area contributed by atoms with Crippen molar-refractivity contribution in [1.29, 1.82) is 0 Å². The summed E-state index contributed by atoms with van der Waals surface area (Å²) >= 11 is 4.45. The second-order valence-corrected chi connectivity index (χ2v) is 4.37. The van der Waals surface area contributed by atoms with Gasteiger partial charge in [0, 0.05) is 9.78 Å². The maximum absolute atomic E-state index is 3.62. The van der Waals surface area contributed by atoms with Crippen LogP contribution in [0.25, 0.3) is 0 Å². The van der Waals surface area contributed by atoms with Crippen LogP contribution in [0.5, 0.6) is 0 Å². The molecule has 0 aromatic rings. The Bertz CT molecular complexity index is 154. The highest BCUT2D eigenvalue weighted by molar-refractivity contribution is 14.1. The Morgan fingerprint density at radius 1 is 1.56 bits per heavy atom. The van der Waals surface area contributed by atoms with Crippen molar-refractivity contribution >= 4 is 51.9 Å². The number of allylic oxidation sites excluding steroid dienone is 3. The summed E-state index contributed by atoms with van der Waals surface area (Å²) in [6.45, 7) is 5.38. The Kier molecular flexibility index (Phi) is 5.77. The van der Waals surface area contributed by atoms with Crippen LogP contribution >= 0.6 is 45.2 Å². The minimum absolute atomic E-state index is 1.11. The average Bonchev–Trinajstić information content (AvgIpc) is 1.63. The molecule has 0 bridgehead atoms. The van der Waals surface area contributed by atoms with E-state index in [0.717, 1.165) is 3.58 Å².